The van der Waals surface area contributed by atoms with Crippen molar-refractivity contribution in [1.82, 2.24) is 0 Å². The maximum Gasteiger partial charge on any atom is 0.146 e. The molecule has 0 bridgehead atoms. The van der Waals surface area contributed by atoms with Crippen molar-refractivity contribution in [3.63, 3.8) is 0 Å². The highest BCUT2D eigenvalue weighted by molar-refractivity contribution is 14.1. The molecule has 24 heavy (non-hydrogen) atoms. The van der Waals surface area contributed by atoms with Crippen molar-refractivity contribution in [2.45, 2.75) is 84.4 Å². The van der Waals surface area contributed by atoms with Gasteiger partial charge in [0, 0.05) is 0 Å². The lowest BCUT2D eigenvalue weighted by Gasteiger charge is -2.38. The molecule has 0 radical (unpaired) electrons. The molecule has 0 aliphatic carbocycles. The molecule has 0 heterocycles. The standard InChI is InChI=1S/C21H33IOSi/c1-14(2)24(15(3)4,16(5)6)11-10-17-12-18(21(7,8)9)13-19(22)20(17)23/h12-16,23H,1-9H3. The van der Waals surface area contributed by atoms with E-state index in [-0.39, 0.29) is 5.41 Å². The van der Waals surface area contributed by atoms with Gasteiger partial charge in [-0.3, -0.25) is 0 Å². The summed E-state index contributed by atoms with van der Waals surface area (Å²) in [4.78, 5) is 0. The van der Waals surface area contributed by atoms with Crippen molar-refractivity contribution in [3.8, 4) is 17.2 Å². The lowest BCUT2D eigenvalue weighted by Crippen LogP contribution is -2.43. The molecule has 0 aliphatic rings. The summed E-state index contributed by atoms with van der Waals surface area (Å²) in [7, 11) is -1.79. The van der Waals surface area contributed by atoms with Gasteiger partial charge in [-0.05, 0) is 62.3 Å². The van der Waals surface area contributed by atoms with Gasteiger partial charge in [-0.2, -0.15) is 0 Å². The zero-order chi connectivity index (χ0) is 18.9. The minimum atomic E-state index is -1.79. The van der Waals surface area contributed by atoms with Crippen LogP contribution in [0.3, 0.4) is 0 Å². The van der Waals surface area contributed by atoms with Crippen LogP contribution in [0.2, 0.25) is 16.6 Å². The summed E-state index contributed by atoms with van der Waals surface area (Å²) in [5.74, 6) is 3.74. The topological polar surface area (TPSA) is 20.2 Å². The van der Waals surface area contributed by atoms with Crippen LogP contribution in [0.5, 0.6) is 5.75 Å². The first kappa shape index (κ1) is 21.6. The van der Waals surface area contributed by atoms with Crippen molar-refractivity contribution in [2.24, 2.45) is 0 Å². The minimum Gasteiger partial charge on any atom is -0.506 e. The fraction of sp³-hybridized carbons (Fsp3) is 0.619. The van der Waals surface area contributed by atoms with Crippen molar-refractivity contribution < 1.29 is 5.11 Å². The predicted molar refractivity (Wildman–Crippen MR) is 117 cm³/mol. The first-order valence-corrected chi connectivity index (χ1v) is 12.2. The van der Waals surface area contributed by atoms with Gasteiger partial charge in [0.15, 0.2) is 0 Å². The first-order valence-electron chi connectivity index (χ1n) is 8.90. The molecule has 3 heteroatoms. The number of aromatic hydroxyl groups is 1. The van der Waals surface area contributed by atoms with Gasteiger partial charge >= 0.3 is 0 Å². The van der Waals surface area contributed by atoms with E-state index in [2.05, 4.69) is 109 Å². The molecule has 1 nitrogen and oxygen atoms in total. The Morgan fingerprint density at radius 3 is 1.79 bits per heavy atom. The highest BCUT2D eigenvalue weighted by atomic mass is 127. The van der Waals surface area contributed by atoms with Gasteiger partial charge in [-0.1, -0.05) is 68.2 Å². The van der Waals surface area contributed by atoms with Crippen LogP contribution in [-0.4, -0.2) is 13.2 Å². The highest BCUT2D eigenvalue weighted by Crippen LogP contribution is 2.41. The Labute approximate surface area is 163 Å². The lowest BCUT2D eigenvalue weighted by atomic mass is 9.86. The Hall–Kier alpha value is -0.473. The van der Waals surface area contributed by atoms with E-state index in [0.717, 1.165) is 9.13 Å². The Morgan fingerprint density at radius 2 is 1.42 bits per heavy atom. The SMILES string of the molecule is CC(C)[Si](C#Cc1cc(C(C)(C)C)cc(I)c1O)(C(C)C)C(C)C. The average Bonchev–Trinajstić information content (AvgIpc) is 2.41. The largest absolute Gasteiger partial charge is 0.506 e. The normalized spacial score (nSPS) is 12.7. The number of benzene rings is 1. The molecule has 1 N–H and O–H groups in total. The summed E-state index contributed by atoms with van der Waals surface area (Å²) in [5, 5.41) is 10.5. The zero-order valence-electron chi connectivity index (χ0n) is 16.7. The maximum absolute atomic E-state index is 10.5. The summed E-state index contributed by atoms with van der Waals surface area (Å²) < 4.78 is 0.884. The van der Waals surface area contributed by atoms with Crippen LogP contribution in [0.1, 0.15) is 73.4 Å². The van der Waals surface area contributed by atoms with Crippen LogP contribution < -0.4 is 0 Å². The van der Waals surface area contributed by atoms with E-state index in [1.165, 1.54) is 5.56 Å². The van der Waals surface area contributed by atoms with Crippen LogP contribution in [-0.2, 0) is 5.41 Å². The quantitative estimate of drug-likeness (QED) is 0.299. The fourth-order valence-corrected chi connectivity index (χ4v) is 9.58. The molecule has 0 amide bonds. The maximum atomic E-state index is 10.5. The van der Waals surface area contributed by atoms with Crippen molar-refractivity contribution in [1.29, 1.82) is 0 Å². The van der Waals surface area contributed by atoms with E-state index in [1.54, 1.807) is 0 Å². The van der Waals surface area contributed by atoms with Crippen molar-refractivity contribution >= 4 is 30.7 Å². The molecule has 0 saturated heterocycles. The smallest absolute Gasteiger partial charge is 0.146 e. The van der Waals surface area contributed by atoms with Crippen LogP contribution in [0.4, 0.5) is 0 Å². The van der Waals surface area contributed by atoms with E-state index < -0.39 is 8.07 Å². The number of phenolic OH excluding ortho intramolecular Hbond substituents is 1. The van der Waals surface area contributed by atoms with Crippen LogP contribution in [0.15, 0.2) is 12.1 Å². The molecule has 1 aromatic carbocycles. The molecule has 0 fully saturated rings. The molecule has 0 unspecified atom stereocenters. The van der Waals surface area contributed by atoms with Gasteiger partial charge in [0.25, 0.3) is 0 Å². The van der Waals surface area contributed by atoms with E-state index in [9.17, 15) is 5.11 Å². The number of hydrogen-bond donors (Lipinski definition) is 1. The fourth-order valence-electron chi connectivity index (χ4n) is 3.74. The van der Waals surface area contributed by atoms with E-state index in [1.807, 2.05) is 0 Å². The van der Waals surface area contributed by atoms with Crippen LogP contribution >= 0.6 is 22.6 Å². The number of halogens is 1. The number of hydrogen-bond acceptors (Lipinski definition) is 1. The second kappa shape index (κ2) is 7.82. The molecule has 0 saturated carbocycles. The lowest BCUT2D eigenvalue weighted by molar-refractivity contribution is 0.468. The molecule has 0 spiro atoms. The molecule has 0 aliphatic heterocycles. The van der Waals surface area contributed by atoms with Gasteiger partial charge < -0.3 is 5.11 Å². The van der Waals surface area contributed by atoms with Crippen LogP contribution in [0, 0.1) is 15.0 Å². The second-order valence-electron chi connectivity index (χ2n) is 8.75. The Bertz CT molecular complexity index is 620. The monoisotopic (exact) mass is 456 g/mol. The van der Waals surface area contributed by atoms with Crippen molar-refractivity contribution in [2.75, 3.05) is 0 Å². The summed E-state index contributed by atoms with van der Waals surface area (Å²) in [6.45, 7) is 20.5. The first-order chi connectivity index (χ1) is 10.8. The third-order valence-corrected chi connectivity index (χ3v) is 12.3. The van der Waals surface area contributed by atoms with Gasteiger partial charge in [0.1, 0.15) is 13.8 Å². The Balaban J connectivity index is 3.55. The summed E-state index contributed by atoms with van der Waals surface area (Å²) in [5.41, 5.74) is 7.56. The van der Waals surface area contributed by atoms with Crippen LogP contribution in [0.25, 0.3) is 0 Å². The number of rotatable bonds is 3. The molecule has 1 aromatic rings. The molecular weight excluding hydrogens is 423 g/mol. The zero-order valence-corrected chi connectivity index (χ0v) is 19.9. The highest BCUT2D eigenvalue weighted by Gasteiger charge is 2.41. The molecule has 0 aromatic heterocycles. The van der Waals surface area contributed by atoms with E-state index in [4.69, 9.17) is 0 Å². The number of phenols is 1. The van der Waals surface area contributed by atoms with E-state index >= 15 is 0 Å². The average molecular weight is 456 g/mol. The molecule has 1 rings (SSSR count). The summed E-state index contributed by atoms with van der Waals surface area (Å²) in [6.07, 6.45) is 0. The third kappa shape index (κ3) is 4.38. The Morgan fingerprint density at radius 1 is 0.958 bits per heavy atom. The Kier molecular flexibility index (Phi) is 7.03. The second-order valence-corrected chi connectivity index (χ2v) is 15.5. The minimum absolute atomic E-state index is 0.0483. The summed E-state index contributed by atoms with van der Waals surface area (Å²) >= 11 is 2.21. The molecule has 134 valence electrons. The molecule has 0 atom stereocenters. The van der Waals surface area contributed by atoms with Gasteiger partial charge in [-0.15, -0.1) is 5.54 Å². The molecular formula is C21H33IOSi. The van der Waals surface area contributed by atoms with Gasteiger partial charge in [0.2, 0.25) is 0 Å². The van der Waals surface area contributed by atoms with E-state index in [0.29, 0.717) is 22.4 Å². The van der Waals surface area contributed by atoms with Crippen molar-refractivity contribution in [3.05, 3.63) is 26.8 Å². The van der Waals surface area contributed by atoms with Gasteiger partial charge in [-0.25, -0.2) is 0 Å². The third-order valence-electron chi connectivity index (χ3n) is 5.21. The summed E-state index contributed by atoms with van der Waals surface area (Å²) in [6, 6.07) is 4.14. The predicted octanol–water partition coefficient (Wildman–Crippen LogP) is 6.86. The van der Waals surface area contributed by atoms with Gasteiger partial charge in [0.05, 0.1) is 9.13 Å².